The fraction of sp³-hybridized carbons (Fsp3) is 0.130. The van der Waals surface area contributed by atoms with E-state index in [1.807, 2.05) is 61.5 Å². The van der Waals surface area contributed by atoms with E-state index in [2.05, 4.69) is 10.6 Å². The monoisotopic (exact) mass is 406 g/mol. The SMILES string of the molecule is COc1cccc(NC(=O)CSc2cccc(NC(=O)c3ccc(C)cc3)c2)c1. The van der Waals surface area contributed by atoms with E-state index in [-0.39, 0.29) is 17.6 Å². The number of nitrogens with one attached hydrogen (secondary N) is 2. The van der Waals surface area contributed by atoms with Crippen LogP contribution in [0.25, 0.3) is 0 Å². The van der Waals surface area contributed by atoms with Crippen LogP contribution in [0.5, 0.6) is 5.75 Å². The summed E-state index contributed by atoms with van der Waals surface area (Å²) in [5.41, 5.74) is 3.08. The average Bonchev–Trinajstić information content (AvgIpc) is 2.73. The minimum absolute atomic E-state index is 0.114. The van der Waals surface area contributed by atoms with Crippen LogP contribution >= 0.6 is 11.8 Å². The van der Waals surface area contributed by atoms with E-state index in [4.69, 9.17) is 4.74 Å². The fourth-order valence-electron chi connectivity index (χ4n) is 2.62. The summed E-state index contributed by atoms with van der Waals surface area (Å²) in [4.78, 5) is 25.5. The van der Waals surface area contributed by atoms with Gasteiger partial charge in [-0.3, -0.25) is 9.59 Å². The molecule has 3 aromatic carbocycles. The molecule has 0 aliphatic rings. The van der Waals surface area contributed by atoms with Crippen molar-refractivity contribution in [1.29, 1.82) is 0 Å². The molecule has 0 atom stereocenters. The first-order valence-corrected chi connectivity index (χ1v) is 10.1. The number of ether oxygens (including phenoxy) is 1. The molecule has 3 aromatic rings. The normalized spacial score (nSPS) is 10.3. The van der Waals surface area contributed by atoms with Gasteiger partial charge in [-0.2, -0.15) is 0 Å². The van der Waals surface area contributed by atoms with Crippen molar-refractivity contribution in [1.82, 2.24) is 0 Å². The Morgan fingerprint density at radius 1 is 0.897 bits per heavy atom. The van der Waals surface area contributed by atoms with Crippen molar-refractivity contribution >= 4 is 35.0 Å². The molecule has 0 aromatic heterocycles. The molecular weight excluding hydrogens is 384 g/mol. The maximum atomic E-state index is 12.4. The number of aryl methyl sites for hydroxylation is 1. The van der Waals surface area contributed by atoms with Crippen LogP contribution in [0.2, 0.25) is 0 Å². The third-order valence-corrected chi connectivity index (χ3v) is 5.12. The lowest BCUT2D eigenvalue weighted by molar-refractivity contribution is -0.113. The highest BCUT2D eigenvalue weighted by Crippen LogP contribution is 2.23. The first-order chi connectivity index (χ1) is 14.0. The average molecular weight is 407 g/mol. The van der Waals surface area contributed by atoms with E-state index in [9.17, 15) is 9.59 Å². The molecule has 2 N–H and O–H groups in total. The summed E-state index contributed by atoms with van der Waals surface area (Å²) in [6, 6.07) is 22.1. The third kappa shape index (κ3) is 6.12. The zero-order valence-electron chi connectivity index (χ0n) is 16.3. The maximum Gasteiger partial charge on any atom is 0.255 e. The Bertz CT molecular complexity index is 1000. The van der Waals surface area contributed by atoms with Gasteiger partial charge >= 0.3 is 0 Å². The van der Waals surface area contributed by atoms with E-state index in [0.717, 1.165) is 10.5 Å². The Kier molecular flexibility index (Phi) is 6.92. The van der Waals surface area contributed by atoms with Gasteiger partial charge in [0.1, 0.15) is 5.75 Å². The molecule has 0 aliphatic carbocycles. The van der Waals surface area contributed by atoms with Gasteiger partial charge in [0, 0.05) is 27.9 Å². The highest BCUT2D eigenvalue weighted by molar-refractivity contribution is 8.00. The van der Waals surface area contributed by atoms with Gasteiger partial charge in [-0.1, -0.05) is 29.8 Å². The number of hydrogen-bond donors (Lipinski definition) is 2. The first-order valence-electron chi connectivity index (χ1n) is 9.08. The van der Waals surface area contributed by atoms with Crippen LogP contribution in [0.3, 0.4) is 0 Å². The summed E-state index contributed by atoms with van der Waals surface area (Å²) < 4.78 is 5.16. The maximum absolute atomic E-state index is 12.4. The summed E-state index contributed by atoms with van der Waals surface area (Å²) in [6.45, 7) is 1.98. The predicted octanol–water partition coefficient (Wildman–Crippen LogP) is 4.99. The molecular formula is C23H22N2O3S. The Morgan fingerprint density at radius 3 is 2.31 bits per heavy atom. The molecule has 148 valence electrons. The molecule has 0 bridgehead atoms. The molecule has 0 saturated carbocycles. The van der Waals surface area contributed by atoms with Crippen LogP contribution in [0.1, 0.15) is 15.9 Å². The van der Waals surface area contributed by atoms with Gasteiger partial charge < -0.3 is 15.4 Å². The first kappa shape index (κ1) is 20.5. The van der Waals surface area contributed by atoms with Crippen molar-refractivity contribution in [3.63, 3.8) is 0 Å². The highest BCUT2D eigenvalue weighted by atomic mass is 32.2. The molecule has 6 heteroatoms. The number of rotatable bonds is 7. The summed E-state index contributed by atoms with van der Waals surface area (Å²) >= 11 is 1.40. The van der Waals surface area contributed by atoms with Crippen molar-refractivity contribution in [2.24, 2.45) is 0 Å². The molecule has 0 saturated heterocycles. The Morgan fingerprint density at radius 2 is 1.59 bits per heavy atom. The predicted molar refractivity (Wildman–Crippen MR) is 118 cm³/mol. The van der Waals surface area contributed by atoms with E-state index in [0.29, 0.717) is 22.7 Å². The number of anilines is 2. The molecule has 0 spiro atoms. The van der Waals surface area contributed by atoms with Crippen molar-refractivity contribution in [3.05, 3.63) is 83.9 Å². The smallest absolute Gasteiger partial charge is 0.255 e. The van der Waals surface area contributed by atoms with E-state index in [1.165, 1.54) is 11.8 Å². The second kappa shape index (κ2) is 9.80. The van der Waals surface area contributed by atoms with Crippen LogP contribution in [-0.2, 0) is 4.79 Å². The number of methoxy groups -OCH3 is 1. The quantitative estimate of drug-likeness (QED) is 0.543. The number of carbonyl (C=O) groups is 2. The van der Waals surface area contributed by atoms with E-state index >= 15 is 0 Å². The molecule has 0 unspecified atom stereocenters. The van der Waals surface area contributed by atoms with Crippen molar-refractivity contribution in [2.75, 3.05) is 23.5 Å². The number of benzene rings is 3. The van der Waals surface area contributed by atoms with Gasteiger partial charge in [0.15, 0.2) is 0 Å². The van der Waals surface area contributed by atoms with E-state index in [1.54, 1.807) is 25.3 Å². The topological polar surface area (TPSA) is 67.4 Å². The Balaban J connectivity index is 1.55. The van der Waals surface area contributed by atoms with Crippen LogP contribution in [0.15, 0.2) is 77.7 Å². The standard InChI is InChI=1S/C23H22N2O3S/c1-16-9-11-17(12-10-16)23(27)25-19-6-4-8-21(14-19)29-15-22(26)24-18-5-3-7-20(13-18)28-2/h3-14H,15H2,1-2H3,(H,24,26)(H,25,27). The summed E-state index contributed by atoms with van der Waals surface area (Å²) in [5, 5.41) is 5.74. The fourth-order valence-corrected chi connectivity index (χ4v) is 3.37. The van der Waals surface area contributed by atoms with Crippen molar-refractivity contribution in [2.45, 2.75) is 11.8 Å². The minimum atomic E-state index is -0.164. The molecule has 3 rings (SSSR count). The van der Waals surface area contributed by atoms with Gasteiger partial charge in [0.05, 0.1) is 12.9 Å². The summed E-state index contributed by atoms with van der Waals surface area (Å²) in [6.07, 6.45) is 0. The number of carbonyl (C=O) groups excluding carboxylic acids is 2. The lowest BCUT2D eigenvalue weighted by Gasteiger charge is -2.09. The summed E-state index contributed by atoms with van der Waals surface area (Å²) in [5.74, 6) is 0.666. The van der Waals surface area contributed by atoms with Gasteiger partial charge in [0.25, 0.3) is 5.91 Å². The lowest BCUT2D eigenvalue weighted by atomic mass is 10.1. The molecule has 0 heterocycles. The molecule has 29 heavy (non-hydrogen) atoms. The lowest BCUT2D eigenvalue weighted by Crippen LogP contribution is -2.14. The molecule has 0 aliphatic heterocycles. The van der Waals surface area contributed by atoms with Gasteiger partial charge in [0.2, 0.25) is 5.91 Å². The van der Waals surface area contributed by atoms with Crippen LogP contribution in [0.4, 0.5) is 11.4 Å². The molecule has 2 amide bonds. The molecule has 5 nitrogen and oxygen atoms in total. The third-order valence-electron chi connectivity index (χ3n) is 4.13. The van der Waals surface area contributed by atoms with Gasteiger partial charge in [-0.25, -0.2) is 0 Å². The Labute approximate surface area is 174 Å². The largest absolute Gasteiger partial charge is 0.497 e. The second-order valence-corrected chi connectivity index (χ2v) is 7.47. The zero-order chi connectivity index (χ0) is 20.6. The van der Waals surface area contributed by atoms with Gasteiger partial charge in [-0.05, 0) is 49.4 Å². The van der Waals surface area contributed by atoms with Crippen LogP contribution in [0, 0.1) is 6.92 Å². The van der Waals surface area contributed by atoms with Gasteiger partial charge in [-0.15, -0.1) is 11.8 Å². The van der Waals surface area contributed by atoms with E-state index < -0.39 is 0 Å². The molecule has 0 radical (unpaired) electrons. The highest BCUT2D eigenvalue weighted by Gasteiger charge is 2.08. The van der Waals surface area contributed by atoms with Crippen molar-refractivity contribution < 1.29 is 14.3 Å². The second-order valence-electron chi connectivity index (χ2n) is 6.42. The zero-order valence-corrected chi connectivity index (χ0v) is 17.1. The number of hydrogen-bond acceptors (Lipinski definition) is 4. The Hall–Kier alpha value is -3.25. The number of thioether (sulfide) groups is 1. The van der Waals surface area contributed by atoms with Crippen molar-refractivity contribution in [3.8, 4) is 5.75 Å². The van der Waals surface area contributed by atoms with Crippen LogP contribution < -0.4 is 15.4 Å². The van der Waals surface area contributed by atoms with Crippen LogP contribution in [-0.4, -0.2) is 24.7 Å². The summed E-state index contributed by atoms with van der Waals surface area (Å²) in [7, 11) is 1.58. The minimum Gasteiger partial charge on any atom is -0.497 e. The number of amides is 2. The molecule has 0 fully saturated rings.